The monoisotopic (exact) mass is 509 g/mol. The first-order valence-corrected chi connectivity index (χ1v) is 16.5. The second kappa shape index (κ2) is 22.4. The van der Waals surface area contributed by atoms with Gasteiger partial charge in [-0.25, -0.2) is 9.13 Å². The minimum atomic E-state index is 1.14. The Kier molecular flexibility index (Phi) is 19.2. The van der Waals surface area contributed by atoms with Gasteiger partial charge < -0.3 is 0 Å². The fourth-order valence-electron chi connectivity index (χ4n) is 5.65. The highest BCUT2D eigenvalue weighted by Gasteiger charge is 2.16. The fourth-order valence-corrected chi connectivity index (χ4v) is 5.65. The van der Waals surface area contributed by atoms with E-state index in [1.807, 2.05) is 0 Å². The maximum Gasteiger partial charge on any atom is 0.256 e. The van der Waals surface area contributed by atoms with Gasteiger partial charge in [0.1, 0.15) is 12.4 Å². The number of hydrogen-bond acceptors (Lipinski definition) is 0. The molecule has 1 aromatic heterocycles. The van der Waals surface area contributed by atoms with Crippen LogP contribution in [0.15, 0.2) is 42.7 Å². The highest BCUT2D eigenvalue weighted by Crippen LogP contribution is 2.14. The van der Waals surface area contributed by atoms with E-state index in [1.165, 1.54) is 153 Å². The molecular formula is C35H61N2+. The first kappa shape index (κ1) is 31.6. The predicted octanol–water partition coefficient (Wildman–Crippen LogP) is 10.4. The van der Waals surface area contributed by atoms with Crippen LogP contribution in [-0.4, -0.2) is 4.57 Å². The van der Waals surface area contributed by atoms with Gasteiger partial charge in [0.05, 0.1) is 13.1 Å². The number of imidazole rings is 1. The summed E-state index contributed by atoms with van der Waals surface area (Å²) in [6, 6.07) is 11.0. The molecule has 2 rings (SSSR count). The van der Waals surface area contributed by atoms with Crippen molar-refractivity contribution in [2.75, 3.05) is 0 Å². The molecule has 0 N–H and O–H groups in total. The van der Waals surface area contributed by atoms with E-state index in [0.717, 1.165) is 6.54 Å². The smallest absolute Gasteiger partial charge is 0.234 e. The van der Waals surface area contributed by atoms with E-state index in [4.69, 9.17) is 0 Å². The highest BCUT2D eigenvalue weighted by molar-refractivity contribution is 5.14. The van der Waals surface area contributed by atoms with Crippen LogP contribution in [0.25, 0.3) is 0 Å². The number of nitrogens with zero attached hydrogens (tertiary/aromatic N) is 2. The normalized spacial score (nSPS) is 11.4. The Morgan fingerprint density at radius 3 is 1.62 bits per heavy atom. The van der Waals surface area contributed by atoms with Crippen molar-refractivity contribution < 1.29 is 4.57 Å². The first-order valence-electron chi connectivity index (χ1n) is 16.5. The Bertz CT molecular complexity index is 748. The van der Waals surface area contributed by atoms with Gasteiger partial charge in [0.25, 0.3) is 5.82 Å². The molecule has 0 saturated carbocycles. The third-order valence-electron chi connectivity index (χ3n) is 8.05. The van der Waals surface area contributed by atoms with E-state index in [-0.39, 0.29) is 0 Å². The maximum absolute atomic E-state index is 2.59. The van der Waals surface area contributed by atoms with E-state index < -0.39 is 0 Å². The van der Waals surface area contributed by atoms with E-state index in [1.54, 1.807) is 5.82 Å². The van der Waals surface area contributed by atoms with Gasteiger partial charge >= 0.3 is 0 Å². The average Bonchev–Trinajstić information content (AvgIpc) is 3.30. The average molecular weight is 510 g/mol. The summed E-state index contributed by atoms with van der Waals surface area (Å²) in [5.74, 6) is 1.57. The molecule has 0 saturated heterocycles. The van der Waals surface area contributed by atoms with Gasteiger partial charge in [-0.05, 0) is 37.7 Å². The molecule has 0 aliphatic heterocycles. The molecule has 0 atom stereocenters. The van der Waals surface area contributed by atoms with Crippen molar-refractivity contribution >= 4 is 0 Å². The quantitative estimate of drug-likeness (QED) is 0.0929. The molecule has 37 heavy (non-hydrogen) atoms. The van der Waals surface area contributed by atoms with Crippen LogP contribution in [0, 0.1) is 0 Å². The topological polar surface area (TPSA) is 8.81 Å². The molecule has 0 aliphatic carbocycles. The van der Waals surface area contributed by atoms with Crippen LogP contribution in [0.1, 0.15) is 154 Å². The summed E-state index contributed by atoms with van der Waals surface area (Å²) in [6.45, 7) is 6.96. The molecule has 0 bridgehead atoms. The van der Waals surface area contributed by atoms with Crippen LogP contribution in [0.5, 0.6) is 0 Å². The van der Waals surface area contributed by atoms with Gasteiger partial charge in [0.15, 0.2) is 0 Å². The van der Waals surface area contributed by atoms with Gasteiger partial charge in [0.2, 0.25) is 0 Å². The van der Waals surface area contributed by atoms with Crippen molar-refractivity contribution in [2.45, 2.75) is 168 Å². The molecule has 0 fully saturated rings. The van der Waals surface area contributed by atoms with Gasteiger partial charge in [-0.2, -0.15) is 0 Å². The van der Waals surface area contributed by atoms with Crippen LogP contribution in [-0.2, 0) is 25.9 Å². The molecule has 0 spiro atoms. The zero-order chi connectivity index (χ0) is 26.2. The lowest BCUT2D eigenvalue weighted by Crippen LogP contribution is -2.37. The first-order chi connectivity index (χ1) is 18.3. The lowest BCUT2D eigenvalue weighted by atomic mass is 10.0. The van der Waals surface area contributed by atoms with Crippen LogP contribution < -0.4 is 4.57 Å². The van der Waals surface area contributed by atoms with Crippen molar-refractivity contribution in [2.24, 2.45) is 0 Å². The summed E-state index contributed by atoms with van der Waals surface area (Å²) in [5, 5.41) is 0. The molecule has 0 aliphatic rings. The number of aromatic nitrogens is 2. The summed E-state index contributed by atoms with van der Waals surface area (Å²) in [7, 11) is 0. The summed E-state index contributed by atoms with van der Waals surface area (Å²) < 4.78 is 5.15. The van der Waals surface area contributed by atoms with E-state index in [2.05, 4.69) is 65.7 Å². The second-order valence-electron chi connectivity index (χ2n) is 11.5. The minimum absolute atomic E-state index is 1.14. The van der Waals surface area contributed by atoms with Gasteiger partial charge in [0, 0.05) is 6.42 Å². The third kappa shape index (κ3) is 15.4. The molecule has 1 aromatic carbocycles. The Morgan fingerprint density at radius 2 is 1.05 bits per heavy atom. The highest BCUT2D eigenvalue weighted by atomic mass is 15.1. The van der Waals surface area contributed by atoms with E-state index in [9.17, 15) is 0 Å². The van der Waals surface area contributed by atoms with Crippen molar-refractivity contribution in [3.63, 3.8) is 0 Å². The third-order valence-corrected chi connectivity index (χ3v) is 8.05. The molecule has 2 nitrogen and oxygen atoms in total. The van der Waals surface area contributed by atoms with E-state index >= 15 is 0 Å². The molecular weight excluding hydrogens is 448 g/mol. The lowest BCUT2D eigenvalue weighted by molar-refractivity contribution is -0.704. The Morgan fingerprint density at radius 1 is 0.541 bits per heavy atom. The molecule has 0 radical (unpaired) electrons. The van der Waals surface area contributed by atoms with Gasteiger partial charge in [-0.3, -0.25) is 0 Å². The van der Waals surface area contributed by atoms with Gasteiger partial charge in [-0.15, -0.1) is 0 Å². The standard InChI is InChI=1S/C35H61N2/c1-3-5-7-9-10-11-12-13-14-15-16-17-19-24-30-36-32-33-37(35(36)29-23-18-8-6-4-2)31-25-28-34-26-21-20-22-27-34/h20-22,26-27,32-33H,3-19,23-25,28-31H2,1-2H3/q+1. The molecule has 2 heteroatoms. The van der Waals surface area contributed by atoms with Crippen molar-refractivity contribution in [3.05, 3.63) is 54.1 Å². The van der Waals surface area contributed by atoms with Crippen LogP contribution in [0.4, 0.5) is 0 Å². The molecule has 1 heterocycles. The van der Waals surface area contributed by atoms with Gasteiger partial charge in [-0.1, -0.05) is 147 Å². The predicted molar refractivity (Wildman–Crippen MR) is 162 cm³/mol. The maximum atomic E-state index is 2.59. The summed E-state index contributed by atoms with van der Waals surface area (Å²) in [5.41, 5.74) is 1.46. The second-order valence-corrected chi connectivity index (χ2v) is 11.5. The number of benzene rings is 1. The summed E-state index contributed by atoms with van der Waals surface area (Å²) in [4.78, 5) is 0. The van der Waals surface area contributed by atoms with Crippen molar-refractivity contribution in [1.82, 2.24) is 4.57 Å². The largest absolute Gasteiger partial charge is 0.256 e. The molecule has 0 unspecified atom stereocenters. The zero-order valence-electron chi connectivity index (χ0n) is 24.9. The number of unbranched alkanes of at least 4 members (excludes halogenated alkanes) is 17. The van der Waals surface area contributed by atoms with Crippen LogP contribution >= 0.6 is 0 Å². The van der Waals surface area contributed by atoms with E-state index in [0.29, 0.717) is 0 Å². The summed E-state index contributed by atoms with van der Waals surface area (Å²) >= 11 is 0. The fraction of sp³-hybridized carbons (Fsp3) is 0.743. The Balaban J connectivity index is 1.62. The molecule has 2 aromatic rings. The number of rotatable bonds is 25. The number of hydrogen-bond donors (Lipinski definition) is 0. The SMILES string of the molecule is CCCCCCCCCCCCCCCCn1cc[n+](CCCc2ccccc2)c1CCCCCCC. The molecule has 210 valence electrons. The lowest BCUT2D eigenvalue weighted by Gasteiger charge is -2.07. The van der Waals surface area contributed by atoms with Crippen LogP contribution in [0.3, 0.4) is 0 Å². The zero-order valence-corrected chi connectivity index (χ0v) is 24.9. The van der Waals surface area contributed by atoms with Crippen molar-refractivity contribution in [1.29, 1.82) is 0 Å². The summed E-state index contributed by atoms with van der Waals surface area (Å²) in [6.07, 6.45) is 35.2. The van der Waals surface area contributed by atoms with Crippen LogP contribution in [0.2, 0.25) is 0 Å². The number of aryl methyl sites for hydroxylation is 3. The van der Waals surface area contributed by atoms with Crippen molar-refractivity contribution in [3.8, 4) is 0 Å². The Labute approximate surface area is 231 Å². The molecule has 0 amide bonds. The Hall–Kier alpha value is -1.57. The minimum Gasteiger partial charge on any atom is -0.234 e.